The summed E-state index contributed by atoms with van der Waals surface area (Å²) in [6.45, 7) is 14.4. The zero-order chi connectivity index (χ0) is 29.6. The van der Waals surface area contributed by atoms with Gasteiger partial charge in [-0.3, -0.25) is 5.41 Å². The Balaban J connectivity index is 1.24. The van der Waals surface area contributed by atoms with E-state index in [0.29, 0.717) is 25.1 Å². The molecule has 0 aromatic rings. The van der Waals surface area contributed by atoms with Crippen LogP contribution in [-0.4, -0.2) is 44.6 Å². The molecule has 0 radical (unpaired) electrons. The van der Waals surface area contributed by atoms with E-state index in [0.717, 1.165) is 61.2 Å². The van der Waals surface area contributed by atoms with Crippen molar-refractivity contribution >= 4 is 12.2 Å². The van der Waals surface area contributed by atoms with E-state index in [9.17, 15) is 4.79 Å². The zero-order valence-corrected chi connectivity index (χ0v) is 26.6. The third kappa shape index (κ3) is 7.61. The van der Waals surface area contributed by atoms with Crippen molar-refractivity contribution in [3.05, 3.63) is 11.6 Å². The Bertz CT molecular complexity index is 922. The van der Waals surface area contributed by atoms with Gasteiger partial charge in [0.25, 0.3) is 6.02 Å². The van der Waals surface area contributed by atoms with Crippen molar-refractivity contribution in [2.45, 2.75) is 118 Å². The van der Waals surface area contributed by atoms with Crippen LogP contribution >= 0.6 is 0 Å². The van der Waals surface area contributed by atoms with E-state index in [4.69, 9.17) is 25.4 Å². The van der Waals surface area contributed by atoms with Crippen LogP contribution in [0.3, 0.4) is 0 Å². The highest BCUT2D eigenvalue weighted by Crippen LogP contribution is 2.67. The number of fused-ring (bicyclic) bond motifs is 5. The molecule has 4 rings (SSSR count). The van der Waals surface area contributed by atoms with Gasteiger partial charge in [-0.05, 0) is 104 Å². The molecule has 0 aromatic heterocycles. The minimum Gasteiger partial charge on any atom is -0.466 e. The number of rotatable bonds is 13. The van der Waals surface area contributed by atoms with E-state index in [1.165, 1.54) is 56.9 Å². The van der Waals surface area contributed by atoms with Crippen molar-refractivity contribution in [1.82, 2.24) is 5.32 Å². The summed E-state index contributed by atoms with van der Waals surface area (Å²) >= 11 is 0. The minimum atomic E-state index is -0.553. The SMILES string of the molecule is CC(C)CCC[C@@H](C)[C@H]1CC[C@H]2C3CC=C4C[C@@H](OC(=O)OCCNCCCOC(=N)N)CC[C@]4(C)[C@H]3CC[C@]12C. The lowest BCUT2D eigenvalue weighted by atomic mass is 9.47. The van der Waals surface area contributed by atoms with Crippen molar-refractivity contribution in [3.63, 3.8) is 0 Å². The van der Waals surface area contributed by atoms with Crippen LogP contribution in [0, 0.1) is 51.7 Å². The molecule has 4 N–H and O–H groups in total. The van der Waals surface area contributed by atoms with Crippen LogP contribution in [0.15, 0.2) is 11.6 Å². The van der Waals surface area contributed by atoms with E-state index >= 15 is 0 Å². The van der Waals surface area contributed by atoms with Crippen LogP contribution in [0.4, 0.5) is 4.79 Å². The van der Waals surface area contributed by atoms with Crippen molar-refractivity contribution in [2.24, 2.45) is 52.1 Å². The molecule has 7 heteroatoms. The molecule has 4 aliphatic rings. The summed E-state index contributed by atoms with van der Waals surface area (Å²) < 4.78 is 16.0. The molecule has 0 spiro atoms. The van der Waals surface area contributed by atoms with Crippen LogP contribution in [-0.2, 0) is 14.2 Å². The molecule has 41 heavy (non-hydrogen) atoms. The predicted octanol–water partition coefficient (Wildman–Crippen LogP) is 7.44. The van der Waals surface area contributed by atoms with Gasteiger partial charge in [-0.1, -0.05) is 65.5 Å². The largest absolute Gasteiger partial charge is 0.508 e. The quantitative estimate of drug-likeness (QED) is 0.0695. The first-order chi connectivity index (χ1) is 19.5. The second-order valence-corrected chi connectivity index (χ2v) is 14.7. The maximum Gasteiger partial charge on any atom is 0.508 e. The fraction of sp³-hybridized carbons (Fsp3) is 0.882. The topological polar surface area (TPSA) is 107 Å². The number of hydrogen-bond acceptors (Lipinski definition) is 6. The number of carbonyl (C=O) groups is 1. The third-order valence-electron chi connectivity index (χ3n) is 11.8. The van der Waals surface area contributed by atoms with Gasteiger partial charge in [-0.15, -0.1) is 0 Å². The highest BCUT2D eigenvalue weighted by molar-refractivity contribution is 5.67. The average Bonchev–Trinajstić information content (AvgIpc) is 3.27. The summed E-state index contributed by atoms with van der Waals surface area (Å²) in [4.78, 5) is 12.4. The predicted molar refractivity (Wildman–Crippen MR) is 165 cm³/mol. The summed E-state index contributed by atoms with van der Waals surface area (Å²) in [5, 5.41) is 10.2. The minimum absolute atomic E-state index is 0.0773. The fourth-order valence-electron chi connectivity index (χ4n) is 9.63. The Morgan fingerprint density at radius 1 is 1.02 bits per heavy atom. The molecule has 234 valence electrons. The molecule has 1 unspecified atom stereocenters. The molecule has 0 bridgehead atoms. The number of nitrogens with one attached hydrogen (secondary N) is 2. The van der Waals surface area contributed by atoms with Crippen LogP contribution in [0.5, 0.6) is 0 Å². The van der Waals surface area contributed by atoms with Gasteiger partial charge in [0.05, 0.1) is 6.61 Å². The van der Waals surface area contributed by atoms with Gasteiger partial charge in [0.1, 0.15) is 12.7 Å². The maximum absolute atomic E-state index is 12.4. The maximum atomic E-state index is 12.4. The molecule has 0 aliphatic heterocycles. The Morgan fingerprint density at radius 3 is 2.59 bits per heavy atom. The normalized spacial score (nSPS) is 35.1. The Morgan fingerprint density at radius 2 is 1.83 bits per heavy atom. The lowest BCUT2D eigenvalue weighted by molar-refractivity contribution is -0.0616. The molecule has 4 aliphatic carbocycles. The van der Waals surface area contributed by atoms with E-state index in [1.807, 2.05) is 0 Å². The first kappa shape index (κ1) is 32.2. The van der Waals surface area contributed by atoms with Gasteiger partial charge in [-0.2, -0.15) is 0 Å². The monoisotopic (exact) mass is 573 g/mol. The summed E-state index contributed by atoms with van der Waals surface area (Å²) in [5.74, 6) is 5.02. The van der Waals surface area contributed by atoms with Crippen LogP contribution < -0.4 is 11.1 Å². The molecular weight excluding hydrogens is 514 g/mol. The van der Waals surface area contributed by atoms with Crippen molar-refractivity contribution < 1.29 is 19.0 Å². The number of carbonyl (C=O) groups excluding carboxylic acids is 1. The number of ether oxygens (including phenoxy) is 3. The van der Waals surface area contributed by atoms with Gasteiger partial charge in [0.15, 0.2) is 0 Å². The number of amidine groups is 1. The van der Waals surface area contributed by atoms with Gasteiger partial charge in [0, 0.05) is 13.0 Å². The highest BCUT2D eigenvalue weighted by atomic mass is 16.7. The molecule has 3 saturated carbocycles. The van der Waals surface area contributed by atoms with Gasteiger partial charge >= 0.3 is 6.16 Å². The third-order valence-corrected chi connectivity index (χ3v) is 11.8. The molecule has 3 fully saturated rings. The lowest BCUT2D eigenvalue weighted by Gasteiger charge is -2.58. The van der Waals surface area contributed by atoms with E-state index in [-0.39, 0.29) is 24.1 Å². The number of allylic oxidation sites excluding steroid dienone is 1. The average molecular weight is 574 g/mol. The summed E-state index contributed by atoms with van der Waals surface area (Å²) in [7, 11) is 0. The molecule has 0 aromatic carbocycles. The Hall–Kier alpha value is -1.76. The number of hydrogen-bond donors (Lipinski definition) is 3. The van der Waals surface area contributed by atoms with Crippen LogP contribution in [0.1, 0.15) is 112 Å². The molecule has 8 atom stereocenters. The summed E-state index contributed by atoms with van der Waals surface area (Å²) in [6, 6.07) is -0.260. The lowest BCUT2D eigenvalue weighted by Crippen LogP contribution is -2.51. The van der Waals surface area contributed by atoms with Gasteiger partial charge < -0.3 is 25.3 Å². The Kier molecular flexibility index (Phi) is 11.1. The molecule has 0 amide bonds. The summed E-state index contributed by atoms with van der Waals surface area (Å²) in [6.07, 6.45) is 16.6. The Labute approximate surface area is 249 Å². The van der Waals surface area contributed by atoms with E-state index in [1.54, 1.807) is 0 Å². The van der Waals surface area contributed by atoms with Crippen LogP contribution in [0.25, 0.3) is 0 Å². The molecule has 0 heterocycles. The second kappa shape index (κ2) is 14.1. The first-order valence-electron chi connectivity index (χ1n) is 16.7. The summed E-state index contributed by atoms with van der Waals surface area (Å²) in [5.41, 5.74) is 7.47. The first-order valence-corrected chi connectivity index (χ1v) is 16.7. The standard InChI is InChI=1S/C34H59N3O4/c1-23(2)8-6-9-24(3)28-12-13-29-27-11-10-25-22-26(14-16-33(25,4)30(27)15-17-34(28,29)5)41-32(38)40-21-19-37-18-7-20-39-31(35)36/h10,23-24,26-30,37H,6-9,11-22H2,1-5H3,(H3,35,36)/t24-,26+,27?,28-,29+,30+,33+,34-/m1/s1. The second-order valence-electron chi connectivity index (χ2n) is 14.7. The zero-order valence-electron chi connectivity index (χ0n) is 26.6. The van der Waals surface area contributed by atoms with Crippen molar-refractivity contribution in [2.75, 3.05) is 26.3 Å². The van der Waals surface area contributed by atoms with Crippen LogP contribution in [0.2, 0.25) is 0 Å². The molecular formula is C34H59N3O4. The fourth-order valence-corrected chi connectivity index (χ4v) is 9.63. The number of nitrogens with two attached hydrogens (primary N) is 1. The van der Waals surface area contributed by atoms with Gasteiger partial charge in [0.2, 0.25) is 0 Å². The smallest absolute Gasteiger partial charge is 0.466 e. The molecule has 0 saturated heterocycles. The highest BCUT2D eigenvalue weighted by Gasteiger charge is 2.59. The van der Waals surface area contributed by atoms with Crippen molar-refractivity contribution in [1.29, 1.82) is 5.41 Å². The molecule has 7 nitrogen and oxygen atoms in total. The van der Waals surface area contributed by atoms with Crippen molar-refractivity contribution in [3.8, 4) is 0 Å². The van der Waals surface area contributed by atoms with E-state index in [2.05, 4.69) is 46.0 Å². The van der Waals surface area contributed by atoms with Gasteiger partial charge in [-0.25, -0.2) is 4.79 Å². The van der Waals surface area contributed by atoms with E-state index < -0.39 is 6.16 Å².